The number of halogens is 1. The van der Waals surface area contributed by atoms with E-state index in [0.29, 0.717) is 13.0 Å². The van der Waals surface area contributed by atoms with Crippen molar-refractivity contribution in [3.05, 3.63) is 0 Å². The van der Waals surface area contributed by atoms with Crippen molar-refractivity contribution in [2.75, 3.05) is 6.54 Å². The molecule has 3 aliphatic carbocycles. The highest BCUT2D eigenvalue weighted by Crippen LogP contribution is 2.65. The molecule has 4 amide bonds. The molecule has 0 radical (unpaired) electrons. The van der Waals surface area contributed by atoms with Gasteiger partial charge in [0.15, 0.2) is 0 Å². The largest absolute Gasteiger partial charge is 0.443 e. The summed E-state index contributed by atoms with van der Waals surface area (Å²) >= 11 is 0. The van der Waals surface area contributed by atoms with E-state index in [9.17, 15) is 24.0 Å². The number of Topliss-reactive ketones (excluding diaryl/α,β-unsaturated/α-hetero) is 1. The SMILES string of the molecule is CC1(OC(=O)N[C@H](C(=O)N2C[C@H]3[C@@H]([C@H]2C(=O)NC(CC2(F)CCC2)C(=O)C(N)=O)C3(C)C)C(C)(C)C)CCCCC1. The van der Waals surface area contributed by atoms with Gasteiger partial charge in [-0.3, -0.25) is 19.2 Å². The minimum absolute atomic E-state index is 0.0420. The number of hydrogen-bond donors (Lipinski definition) is 3. The van der Waals surface area contributed by atoms with Crippen molar-refractivity contribution in [2.45, 2.75) is 129 Å². The number of rotatable bonds is 9. The van der Waals surface area contributed by atoms with Crippen LogP contribution in [0.15, 0.2) is 0 Å². The maximum atomic E-state index is 15.0. The van der Waals surface area contributed by atoms with Crippen molar-refractivity contribution >= 4 is 29.6 Å². The molecule has 1 saturated heterocycles. The number of hydrogen-bond acceptors (Lipinski definition) is 6. The van der Waals surface area contributed by atoms with Gasteiger partial charge in [0, 0.05) is 13.0 Å². The molecule has 4 N–H and O–H groups in total. The molecule has 41 heavy (non-hydrogen) atoms. The van der Waals surface area contributed by atoms with Gasteiger partial charge in [-0.1, -0.05) is 41.0 Å². The summed E-state index contributed by atoms with van der Waals surface area (Å²) in [6.07, 6.45) is 4.68. The fourth-order valence-corrected chi connectivity index (χ4v) is 7.17. The molecule has 10 nitrogen and oxygen atoms in total. The minimum Gasteiger partial charge on any atom is -0.443 e. The summed E-state index contributed by atoms with van der Waals surface area (Å²) in [5.41, 5.74) is 2.06. The molecule has 230 valence electrons. The zero-order valence-corrected chi connectivity index (χ0v) is 25.3. The number of alkyl carbamates (subject to hydrolysis) is 1. The Morgan fingerprint density at radius 2 is 1.59 bits per heavy atom. The molecule has 0 aromatic carbocycles. The number of fused-ring (bicyclic) bond motifs is 1. The lowest BCUT2D eigenvalue weighted by molar-refractivity contribution is -0.145. The molecule has 4 aliphatic rings. The lowest BCUT2D eigenvalue weighted by Crippen LogP contribution is -2.61. The van der Waals surface area contributed by atoms with Gasteiger partial charge >= 0.3 is 6.09 Å². The number of alkyl halides is 1. The number of amides is 4. The third kappa shape index (κ3) is 6.38. The van der Waals surface area contributed by atoms with E-state index < -0.39 is 64.4 Å². The normalized spacial score (nSPS) is 28.8. The fourth-order valence-electron chi connectivity index (χ4n) is 7.17. The van der Waals surface area contributed by atoms with Crippen LogP contribution in [-0.2, 0) is 23.9 Å². The first kappa shape index (κ1) is 31.2. The van der Waals surface area contributed by atoms with Crippen LogP contribution in [-0.4, -0.2) is 70.4 Å². The molecular formula is C30H47FN4O6. The van der Waals surface area contributed by atoms with Gasteiger partial charge < -0.3 is 26.0 Å². The van der Waals surface area contributed by atoms with Crippen molar-refractivity contribution in [2.24, 2.45) is 28.4 Å². The molecule has 1 heterocycles. The third-order valence-electron chi connectivity index (χ3n) is 10.1. The van der Waals surface area contributed by atoms with Crippen LogP contribution < -0.4 is 16.4 Å². The molecule has 0 bridgehead atoms. The van der Waals surface area contributed by atoms with E-state index in [4.69, 9.17) is 10.5 Å². The number of primary amides is 1. The van der Waals surface area contributed by atoms with Crippen molar-refractivity contribution < 1.29 is 33.1 Å². The summed E-state index contributed by atoms with van der Waals surface area (Å²) in [5.74, 6) is -3.50. The van der Waals surface area contributed by atoms with Gasteiger partial charge in [-0.05, 0) is 74.5 Å². The van der Waals surface area contributed by atoms with E-state index in [0.717, 1.165) is 32.1 Å². The van der Waals surface area contributed by atoms with Gasteiger partial charge in [0.25, 0.3) is 5.91 Å². The van der Waals surface area contributed by atoms with Crippen molar-refractivity contribution in [1.29, 1.82) is 0 Å². The molecule has 3 saturated carbocycles. The van der Waals surface area contributed by atoms with E-state index in [1.54, 1.807) is 0 Å². The Balaban J connectivity index is 1.53. The first-order chi connectivity index (χ1) is 18.9. The standard InChI is InChI=1S/C30H47FN4O6/c1-27(2,3)22(34-26(40)41-29(6)11-8-7-9-12-29)25(39)35-16-17-19(28(17,4)5)20(35)24(38)33-18(21(36)23(32)37)15-30(31)13-10-14-30/h17-20,22H,7-16H2,1-6H3,(H2,32,37)(H,33,38)(H,34,40)/t17-,18?,19-,20-,22+/m0/s1. The zero-order chi connectivity index (χ0) is 30.5. The van der Waals surface area contributed by atoms with Gasteiger partial charge in [-0.15, -0.1) is 0 Å². The minimum atomic E-state index is -1.65. The molecule has 4 fully saturated rings. The second kappa shape index (κ2) is 10.8. The van der Waals surface area contributed by atoms with E-state index in [1.165, 1.54) is 4.90 Å². The van der Waals surface area contributed by atoms with Crippen LogP contribution in [0.1, 0.15) is 99.3 Å². The second-order valence-electron chi connectivity index (χ2n) is 14.7. The first-order valence-electron chi connectivity index (χ1n) is 15.0. The van der Waals surface area contributed by atoms with Gasteiger partial charge in [0.1, 0.15) is 29.4 Å². The smallest absolute Gasteiger partial charge is 0.408 e. The molecule has 4 rings (SSSR count). The number of carbonyl (C=O) groups is 5. The molecule has 11 heteroatoms. The topological polar surface area (TPSA) is 148 Å². The third-order valence-corrected chi connectivity index (χ3v) is 10.1. The van der Waals surface area contributed by atoms with Gasteiger partial charge in [-0.25, -0.2) is 9.18 Å². The molecule has 0 aromatic rings. The van der Waals surface area contributed by atoms with Crippen molar-refractivity contribution in [3.8, 4) is 0 Å². The van der Waals surface area contributed by atoms with E-state index in [2.05, 4.69) is 10.6 Å². The molecular weight excluding hydrogens is 531 g/mol. The van der Waals surface area contributed by atoms with Crippen LogP contribution in [0.4, 0.5) is 9.18 Å². The maximum Gasteiger partial charge on any atom is 0.408 e. The summed E-state index contributed by atoms with van der Waals surface area (Å²) in [7, 11) is 0. The van der Waals surface area contributed by atoms with Crippen molar-refractivity contribution in [3.63, 3.8) is 0 Å². The lowest BCUT2D eigenvalue weighted by Gasteiger charge is -2.39. The number of piperidine rings is 1. The Morgan fingerprint density at radius 1 is 0.976 bits per heavy atom. The Bertz CT molecular complexity index is 1090. The number of ketones is 1. The number of nitrogens with one attached hydrogen (secondary N) is 2. The van der Waals surface area contributed by atoms with E-state index >= 15 is 4.39 Å². The molecule has 0 aromatic heterocycles. The van der Waals surface area contributed by atoms with Crippen LogP contribution in [0.2, 0.25) is 0 Å². The van der Waals surface area contributed by atoms with Crippen molar-refractivity contribution in [1.82, 2.24) is 15.5 Å². The Hall–Kier alpha value is -2.72. The summed E-state index contributed by atoms with van der Waals surface area (Å²) in [4.78, 5) is 66.7. The molecule has 1 unspecified atom stereocenters. The lowest BCUT2D eigenvalue weighted by atomic mass is 9.77. The first-order valence-corrected chi connectivity index (χ1v) is 15.0. The molecule has 0 spiro atoms. The monoisotopic (exact) mass is 578 g/mol. The van der Waals surface area contributed by atoms with Gasteiger partial charge in [-0.2, -0.15) is 0 Å². The predicted molar refractivity (Wildman–Crippen MR) is 149 cm³/mol. The maximum absolute atomic E-state index is 15.0. The van der Waals surface area contributed by atoms with Crippen LogP contribution >= 0.6 is 0 Å². The summed E-state index contributed by atoms with van der Waals surface area (Å²) in [5, 5.41) is 5.37. The molecule has 1 aliphatic heterocycles. The average Bonchev–Trinajstić information content (AvgIpc) is 3.17. The Morgan fingerprint density at radius 3 is 2.10 bits per heavy atom. The fraction of sp³-hybridized carbons (Fsp3) is 0.833. The average molecular weight is 579 g/mol. The highest BCUT2D eigenvalue weighted by molar-refractivity contribution is 6.37. The predicted octanol–water partition coefficient (Wildman–Crippen LogP) is 3.15. The van der Waals surface area contributed by atoms with Gasteiger partial charge in [0.05, 0.1) is 0 Å². The van der Waals surface area contributed by atoms with Gasteiger partial charge in [0.2, 0.25) is 17.6 Å². The zero-order valence-electron chi connectivity index (χ0n) is 25.3. The number of ether oxygens (including phenoxy) is 1. The number of nitrogens with two attached hydrogens (primary N) is 1. The second-order valence-corrected chi connectivity index (χ2v) is 14.7. The summed E-state index contributed by atoms with van der Waals surface area (Å²) in [6.45, 7) is 11.7. The van der Waals surface area contributed by atoms with Crippen LogP contribution in [0, 0.1) is 22.7 Å². The highest BCUT2D eigenvalue weighted by atomic mass is 19.1. The van der Waals surface area contributed by atoms with Crippen LogP contribution in [0.25, 0.3) is 0 Å². The summed E-state index contributed by atoms with van der Waals surface area (Å²) in [6, 6.07) is -3.34. The highest BCUT2D eigenvalue weighted by Gasteiger charge is 2.70. The number of nitrogens with zero attached hydrogens (tertiary/aromatic N) is 1. The van der Waals surface area contributed by atoms with E-state index in [1.807, 2.05) is 41.5 Å². The Labute approximate surface area is 242 Å². The van der Waals surface area contributed by atoms with E-state index in [-0.39, 0.29) is 36.5 Å². The van der Waals surface area contributed by atoms with Crippen LogP contribution in [0.3, 0.4) is 0 Å². The number of carbonyl (C=O) groups excluding carboxylic acids is 5. The number of likely N-dealkylation sites (tertiary alicyclic amines) is 1. The summed E-state index contributed by atoms with van der Waals surface area (Å²) < 4.78 is 20.8. The van der Waals surface area contributed by atoms with Crippen LogP contribution in [0.5, 0.6) is 0 Å². The Kier molecular flexibility index (Phi) is 8.25. The quantitative estimate of drug-likeness (QED) is 0.358. The molecule has 5 atom stereocenters.